The molecule has 57 heavy (non-hydrogen) atoms. The molecule has 0 aromatic heterocycles. The Morgan fingerprint density at radius 3 is 1.37 bits per heavy atom. The molecule has 0 radical (unpaired) electrons. The SMILES string of the molecule is CCC(=O)CCCOCCOCCNC(=O)CCOCCOCCC(=O)NCCCCC(CC(=O)CCCCCCCCCCCCCCCCC(=O)O)C(=O)O. The number of carbonyl (C=O) groups excluding carboxylic acids is 4. The number of carboxylic acids is 2. The third-order valence-electron chi connectivity index (χ3n) is 9.62. The minimum atomic E-state index is -0.943. The average Bonchev–Trinajstić information content (AvgIpc) is 3.18. The molecule has 0 spiro atoms. The van der Waals surface area contributed by atoms with Gasteiger partial charge in [-0.05, 0) is 32.1 Å². The van der Waals surface area contributed by atoms with Crippen molar-refractivity contribution >= 4 is 35.3 Å². The average molecular weight is 815 g/mol. The van der Waals surface area contributed by atoms with Crippen LogP contribution in [0.5, 0.6) is 0 Å². The first-order valence-corrected chi connectivity index (χ1v) is 22.0. The van der Waals surface area contributed by atoms with Gasteiger partial charge < -0.3 is 39.8 Å². The van der Waals surface area contributed by atoms with Crippen molar-refractivity contribution in [3.05, 3.63) is 0 Å². The molecule has 0 fully saturated rings. The van der Waals surface area contributed by atoms with Crippen molar-refractivity contribution in [3.8, 4) is 0 Å². The van der Waals surface area contributed by atoms with Gasteiger partial charge in [0.1, 0.15) is 11.6 Å². The predicted molar refractivity (Wildman–Crippen MR) is 219 cm³/mol. The molecule has 0 saturated heterocycles. The van der Waals surface area contributed by atoms with E-state index in [0.717, 1.165) is 44.9 Å². The molecule has 0 saturated carbocycles. The second-order valence-corrected chi connectivity index (χ2v) is 14.8. The van der Waals surface area contributed by atoms with Gasteiger partial charge in [-0.25, -0.2) is 0 Å². The summed E-state index contributed by atoms with van der Waals surface area (Å²) in [7, 11) is 0. The van der Waals surface area contributed by atoms with Gasteiger partial charge in [0, 0.05) is 64.6 Å². The van der Waals surface area contributed by atoms with E-state index in [-0.39, 0.29) is 62.3 Å². The summed E-state index contributed by atoms with van der Waals surface area (Å²) >= 11 is 0. The predicted octanol–water partition coefficient (Wildman–Crippen LogP) is 6.98. The van der Waals surface area contributed by atoms with Crippen LogP contribution in [0.2, 0.25) is 0 Å². The van der Waals surface area contributed by atoms with E-state index in [1.54, 1.807) is 0 Å². The molecular weight excluding hydrogens is 736 g/mol. The van der Waals surface area contributed by atoms with E-state index in [0.29, 0.717) is 91.3 Å². The number of amides is 2. The maximum Gasteiger partial charge on any atom is 0.306 e. The Hall–Kier alpha value is -2.94. The molecule has 1 atom stereocenters. The summed E-state index contributed by atoms with van der Waals surface area (Å²) in [6.45, 7) is 5.58. The number of carbonyl (C=O) groups is 6. The van der Waals surface area contributed by atoms with Gasteiger partial charge in [0.15, 0.2) is 0 Å². The molecule has 1 unspecified atom stereocenters. The zero-order valence-electron chi connectivity index (χ0n) is 35.3. The summed E-state index contributed by atoms with van der Waals surface area (Å²) in [5.41, 5.74) is 0. The second kappa shape index (κ2) is 41.2. The molecule has 14 heteroatoms. The van der Waals surface area contributed by atoms with Crippen LogP contribution < -0.4 is 10.6 Å². The van der Waals surface area contributed by atoms with Gasteiger partial charge in [-0.3, -0.25) is 28.8 Å². The van der Waals surface area contributed by atoms with Crippen LogP contribution in [0.1, 0.15) is 167 Å². The van der Waals surface area contributed by atoms with Crippen LogP contribution in [-0.2, 0) is 47.7 Å². The van der Waals surface area contributed by atoms with Crippen molar-refractivity contribution in [2.45, 2.75) is 167 Å². The van der Waals surface area contributed by atoms with Crippen molar-refractivity contribution in [2.75, 3.05) is 65.9 Å². The van der Waals surface area contributed by atoms with E-state index in [1.165, 1.54) is 51.4 Å². The van der Waals surface area contributed by atoms with Crippen LogP contribution in [0, 0.1) is 5.92 Å². The largest absolute Gasteiger partial charge is 0.481 e. The zero-order valence-corrected chi connectivity index (χ0v) is 35.3. The van der Waals surface area contributed by atoms with Gasteiger partial charge in [-0.2, -0.15) is 0 Å². The molecule has 0 aromatic carbocycles. The maximum absolute atomic E-state index is 12.4. The highest BCUT2D eigenvalue weighted by molar-refractivity contribution is 5.83. The number of ketones is 2. The third kappa shape index (κ3) is 41.0. The molecule has 0 aliphatic carbocycles. The topological polar surface area (TPSA) is 204 Å². The monoisotopic (exact) mass is 815 g/mol. The van der Waals surface area contributed by atoms with Crippen molar-refractivity contribution < 1.29 is 57.9 Å². The highest BCUT2D eigenvalue weighted by Crippen LogP contribution is 2.17. The Morgan fingerprint density at radius 2 is 0.877 bits per heavy atom. The van der Waals surface area contributed by atoms with E-state index >= 15 is 0 Å². The number of ether oxygens (including phenoxy) is 4. The number of hydrogen-bond acceptors (Lipinski definition) is 10. The Labute approximate surface area is 342 Å². The summed E-state index contributed by atoms with van der Waals surface area (Å²) in [4.78, 5) is 69.8. The lowest BCUT2D eigenvalue weighted by Gasteiger charge is -2.12. The Kier molecular flexibility index (Phi) is 39.1. The maximum atomic E-state index is 12.4. The first-order valence-electron chi connectivity index (χ1n) is 22.0. The second-order valence-electron chi connectivity index (χ2n) is 14.8. The van der Waals surface area contributed by atoms with Crippen LogP contribution >= 0.6 is 0 Å². The molecule has 0 aliphatic rings. The quantitative estimate of drug-likeness (QED) is 0.0460. The summed E-state index contributed by atoms with van der Waals surface area (Å²) in [5.74, 6) is -2.37. The van der Waals surface area contributed by atoms with E-state index in [2.05, 4.69) is 10.6 Å². The van der Waals surface area contributed by atoms with Crippen molar-refractivity contribution in [1.82, 2.24) is 10.6 Å². The van der Waals surface area contributed by atoms with E-state index < -0.39 is 17.9 Å². The summed E-state index contributed by atoms with van der Waals surface area (Å²) in [5, 5.41) is 23.8. The Morgan fingerprint density at radius 1 is 0.439 bits per heavy atom. The number of unbranched alkanes of at least 4 members (excludes halogenated alkanes) is 14. The standard InChI is InChI=1S/C43H78N2O12/c1-2-38(46)22-19-28-54-32-35-57-31-27-45-41(49)25-30-56-34-33-55-29-24-40(48)44-26-18-17-20-37(43(52)53)36-39(47)21-15-13-11-9-7-5-3-4-6-8-10-12-14-16-23-42(50)51/h37H,2-36H2,1H3,(H,44,48)(H,45,49)(H,50,51)(H,52,53). The molecule has 4 N–H and O–H groups in total. The number of aliphatic carboxylic acids is 2. The smallest absolute Gasteiger partial charge is 0.306 e. The van der Waals surface area contributed by atoms with Crippen LogP contribution in [0.25, 0.3) is 0 Å². The van der Waals surface area contributed by atoms with Gasteiger partial charge in [0.25, 0.3) is 0 Å². The lowest BCUT2D eigenvalue weighted by molar-refractivity contribution is -0.144. The van der Waals surface area contributed by atoms with E-state index in [1.807, 2.05) is 6.92 Å². The minimum Gasteiger partial charge on any atom is -0.481 e. The number of hydrogen-bond donors (Lipinski definition) is 4. The molecule has 332 valence electrons. The lowest BCUT2D eigenvalue weighted by atomic mass is 9.94. The zero-order chi connectivity index (χ0) is 42.0. The number of nitrogens with one attached hydrogen (secondary N) is 2. The van der Waals surface area contributed by atoms with Gasteiger partial charge in [-0.1, -0.05) is 90.4 Å². The fourth-order valence-corrected chi connectivity index (χ4v) is 6.11. The third-order valence-corrected chi connectivity index (χ3v) is 9.62. The van der Waals surface area contributed by atoms with Gasteiger partial charge in [0.2, 0.25) is 11.8 Å². The van der Waals surface area contributed by atoms with Crippen molar-refractivity contribution in [1.29, 1.82) is 0 Å². The first-order chi connectivity index (χ1) is 27.6. The lowest BCUT2D eigenvalue weighted by Crippen LogP contribution is -2.28. The minimum absolute atomic E-state index is 0.0127. The first kappa shape index (κ1) is 54.1. The molecule has 0 rings (SSSR count). The summed E-state index contributed by atoms with van der Waals surface area (Å²) in [6.07, 6.45) is 20.3. The van der Waals surface area contributed by atoms with Gasteiger partial charge in [0.05, 0.1) is 52.2 Å². The molecule has 0 bridgehead atoms. The number of rotatable bonds is 45. The van der Waals surface area contributed by atoms with Crippen molar-refractivity contribution in [2.24, 2.45) is 5.92 Å². The molecule has 0 aliphatic heterocycles. The fraction of sp³-hybridized carbons (Fsp3) is 0.860. The molecule has 0 heterocycles. The van der Waals surface area contributed by atoms with E-state index in [4.69, 9.17) is 24.1 Å². The van der Waals surface area contributed by atoms with Crippen LogP contribution in [0.3, 0.4) is 0 Å². The van der Waals surface area contributed by atoms with Crippen LogP contribution in [0.4, 0.5) is 0 Å². The van der Waals surface area contributed by atoms with Crippen LogP contribution in [-0.4, -0.2) is 111 Å². The Balaban J connectivity index is 3.59. The highest BCUT2D eigenvalue weighted by Gasteiger charge is 2.20. The normalized spacial score (nSPS) is 11.7. The van der Waals surface area contributed by atoms with Crippen LogP contribution in [0.15, 0.2) is 0 Å². The molecule has 2 amide bonds. The molecule has 0 aromatic rings. The molecule has 14 nitrogen and oxygen atoms in total. The summed E-state index contributed by atoms with van der Waals surface area (Å²) in [6, 6.07) is 0. The van der Waals surface area contributed by atoms with Gasteiger partial charge in [-0.15, -0.1) is 0 Å². The fourth-order valence-electron chi connectivity index (χ4n) is 6.11. The molecular formula is C43H78N2O12. The number of carboxylic acid groups (broad SMARTS) is 2. The van der Waals surface area contributed by atoms with Gasteiger partial charge >= 0.3 is 11.9 Å². The number of Topliss-reactive ketones (excluding diaryl/α,β-unsaturated/α-hetero) is 2. The highest BCUT2D eigenvalue weighted by atomic mass is 16.5. The van der Waals surface area contributed by atoms with E-state index in [9.17, 15) is 33.9 Å². The Bertz CT molecular complexity index is 1040. The summed E-state index contributed by atoms with van der Waals surface area (Å²) < 4.78 is 21.7. The van der Waals surface area contributed by atoms with Crippen molar-refractivity contribution in [3.63, 3.8) is 0 Å².